The number of benzene rings is 2. The second-order valence-corrected chi connectivity index (χ2v) is 7.40. The molecule has 23 heavy (non-hydrogen) atoms. The van der Waals surface area contributed by atoms with Gasteiger partial charge < -0.3 is 10.4 Å². The Labute approximate surface area is 135 Å². The average molecular weight is 333 g/mol. The van der Waals surface area contributed by atoms with Crippen LogP contribution in [-0.4, -0.2) is 32.2 Å². The van der Waals surface area contributed by atoms with Crippen molar-refractivity contribution in [3.05, 3.63) is 65.2 Å². The molecule has 0 saturated carbocycles. The van der Waals surface area contributed by atoms with Gasteiger partial charge in [-0.25, -0.2) is 8.42 Å². The van der Waals surface area contributed by atoms with E-state index in [1.54, 1.807) is 37.3 Å². The number of rotatable bonds is 5. The molecule has 0 bridgehead atoms. The highest BCUT2D eigenvalue weighted by molar-refractivity contribution is 7.90. The first-order valence-electron chi connectivity index (χ1n) is 7.11. The summed E-state index contributed by atoms with van der Waals surface area (Å²) in [5.74, 6) is -0.414. The minimum atomic E-state index is -3.38. The Bertz CT molecular complexity index is 801. The molecule has 1 atom stereocenters. The van der Waals surface area contributed by atoms with E-state index >= 15 is 0 Å². The molecule has 0 aliphatic heterocycles. The Morgan fingerprint density at radius 1 is 1.17 bits per heavy atom. The van der Waals surface area contributed by atoms with Crippen molar-refractivity contribution in [1.29, 1.82) is 0 Å². The molecule has 0 heterocycles. The van der Waals surface area contributed by atoms with Crippen molar-refractivity contribution < 1.29 is 18.3 Å². The van der Waals surface area contributed by atoms with E-state index in [1.165, 1.54) is 12.1 Å². The largest absolute Gasteiger partial charge is 0.387 e. The smallest absolute Gasteiger partial charge is 0.251 e. The molecule has 0 spiro atoms. The maximum absolute atomic E-state index is 12.3. The molecule has 5 nitrogen and oxygen atoms in total. The van der Waals surface area contributed by atoms with Crippen molar-refractivity contribution in [2.45, 2.75) is 17.9 Å². The lowest BCUT2D eigenvalue weighted by Gasteiger charge is -2.13. The first kappa shape index (κ1) is 17.2. The summed E-state index contributed by atoms with van der Waals surface area (Å²) in [6.45, 7) is 1.78. The Kier molecular flexibility index (Phi) is 5.18. The number of aryl methyl sites for hydroxylation is 1. The first-order valence-corrected chi connectivity index (χ1v) is 9.00. The summed E-state index contributed by atoms with van der Waals surface area (Å²) < 4.78 is 23.2. The van der Waals surface area contributed by atoms with E-state index in [9.17, 15) is 18.3 Å². The van der Waals surface area contributed by atoms with Gasteiger partial charge in [0.1, 0.15) is 0 Å². The van der Waals surface area contributed by atoms with E-state index in [1.807, 2.05) is 6.07 Å². The number of sulfone groups is 1. The topological polar surface area (TPSA) is 83.5 Å². The lowest BCUT2D eigenvalue weighted by atomic mass is 10.1. The number of hydrogen-bond acceptors (Lipinski definition) is 4. The molecule has 1 amide bonds. The van der Waals surface area contributed by atoms with Crippen LogP contribution in [0.1, 0.15) is 27.6 Å². The van der Waals surface area contributed by atoms with Crippen LogP contribution in [-0.2, 0) is 9.84 Å². The van der Waals surface area contributed by atoms with Crippen LogP contribution in [0.2, 0.25) is 0 Å². The SMILES string of the molecule is Cc1ccc(S(C)(=O)=O)cc1C(=O)NCC(O)c1ccccc1. The third-order valence-corrected chi connectivity index (χ3v) is 4.63. The highest BCUT2D eigenvalue weighted by Crippen LogP contribution is 2.16. The van der Waals surface area contributed by atoms with Gasteiger partial charge >= 0.3 is 0 Å². The Morgan fingerprint density at radius 2 is 1.83 bits per heavy atom. The summed E-state index contributed by atoms with van der Waals surface area (Å²) in [6, 6.07) is 13.4. The number of amides is 1. The van der Waals surface area contributed by atoms with Gasteiger partial charge in [-0.05, 0) is 30.2 Å². The number of hydrogen-bond donors (Lipinski definition) is 2. The zero-order chi connectivity index (χ0) is 17.0. The zero-order valence-electron chi connectivity index (χ0n) is 13.0. The number of carbonyl (C=O) groups excluding carboxylic acids is 1. The fraction of sp³-hybridized carbons (Fsp3) is 0.235. The molecule has 0 saturated heterocycles. The second-order valence-electron chi connectivity index (χ2n) is 5.39. The summed E-state index contributed by atoms with van der Waals surface area (Å²) in [5, 5.41) is 12.7. The molecule has 0 aliphatic rings. The molecule has 2 aromatic rings. The van der Waals surface area contributed by atoms with E-state index in [0.717, 1.165) is 6.26 Å². The third kappa shape index (κ3) is 4.40. The molecule has 122 valence electrons. The third-order valence-electron chi connectivity index (χ3n) is 3.52. The van der Waals surface area contributed by atoms with Crippen LogP contribution >= 0.6 is 0 Å². The zero-order valence-corrected chi connectivity index (χ0v) is 13.8. The minimum Gasteiger partial charge on any atom is -0.387 e. The van der Waals surface area contributed by atoms with E-state index in [2.05, 4.69) is 5.32 Å². The molecule has 0 fully saturated rings. The van der Waals surface area contributed by atoms with Crippen molar-refractivity contribution >= 4 is 15.7 Å². The molecule has 2 aromatic carbocycles. The van der Waals surface area contributed by atoms with Gasteiger partial charge in [-0.15, -0.1) is 0 Å². The molecular weight excluding hydrogens is 314 g/mol. The highest BCUT2D eigenvalue weighted by Gasteiger charge is 2.15. The summed E-state index contributed by atoms with van der Waals surface area (Å²) in [7, 11) is -3.38. The standard InChI is InChI=1S/C17H19NO4S/c1-12-8-9-14(23(2,21)22)10-15(12)17(20)18-11-16(19)13-6-4-3-5-7-13/h3-10,16,19H,11H2,1-2H3,(H,18,20). The van der Waals surface area contributed by atoms with Crippen LogP contribution in [0.25, 0.3) is 0 Å². The summed E-state index contributed by atoms with van der Waals surface area (Å²) in [5.41, 5.74) is 1.66. The normalized spacial score (nSPS) is 12.7. The predicted molar refractivity (Wildman–Crippen MR) is 88.0 cm³/mol. The molecule has 2 rings (SSSR count). The van der Waals surface area contributed by atoms with E-state index in [-0.39, 0.29) is 17.0 Å². The Balaban J connectivity index is 2.12. The number of aliphatic hydroxyl groups excluding tert-OH is 1. The Morgan fingerprint density at radius 3 is 2.43 bits per heavy atom. The van der Waals surface area contributed by atoms with Gasteiger partial charge in [0.15, 0.2) is 9.84 Å². The van der Waals surface area contributed by atoms with Gasteiger partial charge in [-0.3, -0.25) is 4.79 Å². The van der Waals surface area contributed by atoms with Gasteiger partial charge in [-0.1, -0.05) is 36.4 Å². The number of aliphatic hydroxyl groups is 1. The van der Waals surface area contributed by atoms with Crippen LogP contribution in [0.4, 0.5) is 0 Å². The number of nitrogens with one attached hydrogen (secondary N) is 1. The van der Waals surface area contributed by atoms with Crippen LogP contribution in [0.5, 0.6) is 0 Å². The predicted octanol–water partition coefficient (Wildman–Crippen LogP) is 1.86. The lowest BCUT2D eigenvalue weighted by Crippen LogP contribution is -2.29. The molecule has 0 aliphatic carbocycles. The summed E-state index contributed by atoms with van der Waals surface area (Å²) in [6.07, 6.45) is 0.275. The minimum absolute atomic E-state index is 0.0470. The summed E-state index contributed by atoms with van der Waals surface area (Å²) in [4.78, 5) is 12.4. The summed E-state index contributed by atoms with van der Waals surface area (Å²) >= 11 is 0. The van der Waals surface area contributed by atoms with Crippen molar-refractivity contribution in [2.24, 2.45) is 0 Å². The molecule has 1 unspecified atom stereocenters. The molecule has 6 heteroatoms. The van der Waals surface area contributed by atoms with Crippen molar-refractivity contribution in [2.75, 3.05) is 12.8 Å². The quantitative estimate of drug-likeness (QED) is 0.875. The van der Waals surface area contributed by atoms with Gasteiger partial charge in [0, 0.05) is 18.4 Å². The van der Waals surface area contributed by atoms with Gasteiger partial charge in [0.05, 0.1) is 11.0 Å². The number of carbonyl (C=O) groups is 1. The molecular formula is C17H19NO4S. The van der Waals surface area contributed by atoms with Crippen LogP contribution in [0, 0.1) is 6.92 Å². The van der Waals surface area contributed by atoms with Gasteiger partial charge in [0.25, 0.3) is 5.91 Å². The molecule has 2 N–H and O–H groups in total. The Hall–Kier alpha value is -2.18. The fourth-order valence-corrected chi connectivity index (χ4v) is 2.80. The van der Waals surface area contributed by atoms with E-state index in [0.29, 0.717) is 11.1 Å². The maximum atomic E-state index is 12.3. The lowest BCUT2D eigenvalue weighted by molar-refractivity contribution is 0.0915. The molecule has 0 aromatic heterocycles. The van der Waals surface area contributed by atoms with E-state index in [4.69, 9.17) is 0 Å². The van der Waals surface area contributed by atoms with Crippen molar-refractivity contribution in [1.82, 2.24) is 5.32 Å². The van der Waals surface area contributed by atoms with Gasteiger partial charge in [0.2, 0.25) is 0 Å². The van der Waals surface area contributed by atoms with Crippen LogP contribution in [0.3, 0.4) is 0 Å². The van der Waals surface area contributed by atoms with Gasteiger partial charge in [-0.2, -0.15) is 0 Å². The highest BCUT2D eigenvalue weighted by atomic mass is 32.2. The molecule has 0 radical (unpaired) electrons. The van der Waals surface area contributed by atoms with Crippen LogP contribution < -0.4 is 5.32 Å². The van der Waals surface area contributed by atoms with Crippen molar-refractivity contribution in [3.8, 4) is 0 Å². The fourth-order valence-electron chi connectivity index (χ4n) is 2.15. The second kappa shape index (κ2) is 6.93. The van der Waals surface area contributed by atoms with Crippen LogP contribution in [0.15, 0.2) is 53.4 Å². The average Bonchev–Trinajstić information content (AvgIpc) is 2.52. The maximum Gasteiger partial charge on any atom is 0.251 e. The monoisotopic (exact) mass is 333 g/mol. The first-order chi connectivity index (χ1) is 10.8. The van der Waals surface area contributed by atoms with E-state index < -0.39 is 21.8 Å². The van der Waals surface area contributed by atoms with Crippen molar-refractivity contribution in [3.63, 3.8) is 0 Å².